The Hall–Kier alpha value is -0.420. The molecule has 4 heteroatoms. The molecule has 3 N–H and O–H groups in total. The molecule has 0 saturated heterocycles. The number of allylic oxidation sites excluding steroid dienone is 1. The minimum absolute atomic E-state index is 0.104. The van der Waals surface area contributed by atoms with Gasteiger partial charge in [-0.2, -0.15) is 0 Å². The maximum atomic E-state index is 9.46. The van der Waals surface area contributed by atoms with E-state index in [1.165, 1.54) is 0 Å². The van der Waals surface area contributed by atoms with Gasteiger partial charge in [-0.1, -0.05) is 12.2 Å². The molecule has 0 fully saturated rings. The largest absolute Gasteiger partial charge is 0.393 e. The van der Waals surface area contributed by atoms with E-state index in [1.54, 1.807) is 7.05 Å². The zero-order valence-electron chi connectivity index (χ0n) is 8.52. The molecule has 14 heavy (non-hydrogen) atoms. The molecule has 0 aromatic rings. The highest BCUT2D eigenvalue weighted by atomic mass is 16.6. The zero-order valence-corrected chi connectivity index (χ0v) is 8.52. The van der Waals surface area contributed by atoms with Crippen molar-refractivity contribution in [3.05, 3.63) is 12.2 Å². The first kappa shape index (κ1) is 11.7. The molecule has 82 valence electrons. The third-order valence-electron chi connectivity index (χ3n) is 2.35. The molecule has 0 bridgehead atoms. The minimum atomic E-state index is -0.929. The van der Waals surface area contributed by atoms with Crippen molar-refractivity contribution >= 4 is 0 Å². The van der Waals surface area contributed by atoms with Crippen LogP contribution in [0.25, 0.3) is 0 Å². The first-order valence-electron chi connectivity index (χ1n) is 5.08. The molecule has 0 aromatic carbocycles. The van der Waals surface area contributed by atoms with Gasteiger partial charge in [0.1, 0.15) is 0 Å². The summed E-state index contributed by atoms with van der Waals surface area (Å²) in [5.74, 6) is 0. The van der Waals surface area contributed by atoms with Gasteiger partial charge in [0.15, 0.2) is 0 Å². The summed E-state index contributed by atoms with van der Waals surface area (Å²) in [4.78, 5) is 0. The van der Waals surface area contributed by atoms with Crippen LogP contribution in [0.15, 0.2) is 12.2 Å². The van der Waals surface area contributed by atoms with E-state index in [-0.39, 0.29) is 12.2 Å². The van der Waals surface area contributed by atoms with E-state index in [4.69, 9.17) is 4.74 Å². The van der Waals surface area contributed by atoms with Crippen molar-refractivity contribution in [2.24, 2.45) is 0 Å². The van der Waals surface area contributed by atoms with Crippen LogP contribution < -0.4 is 5.32 Å². The van der Waals surface area contributed by atoms with E-state index in [0.717, 1.165) is 25.7 Å². The zero-order chi connectivity index (χ0) is 10.4. The molecule has 0 radical (unpaired) electrons. The second-order valence-corrected chi connectivity index (χ2v) is 3.55. The number of rotatable bonds is 3. The topological polar surface area (TPSA) is 61.7 Å². The highest BCUT2D eigenvalue weighted by molar-refractivity contribution is 4.92. The summed E-state index contributed by atoms with van der Waals surface area (Å²) in [6.07, 6.45) is 5.84. The average Bonchev–Trinajstić information content (AvgIpc) is 2.16. The summed E-state index contributed by atoms with van der Waals surface area (Å²) in [5, 5.41) is 21.3. The van der Waals surface area contributed by atoms with Gasteiger partial charge in [-0.25, -0.2) is 0 Å². The lowest BCUT2D eigenvalue weighted by Crippen LogP contribution is -2.32. The van der Waals surface area contributed by atoms with Gasteiger partial charge in [0.25, 0.3) is 0 Å². The number of aliphatic hydroxyl groups is 2. The monoisotopic (exact) mass is 201 g/mol. The Morgan fingerprint density at radius 1 is 1.43 bits per heavy atom. The number of ether oxygens (including phenoxy) is 1. The Bertz CT molecular complexity index is 184. The average molecular weight is 201 g/mol. The Kier molecular flexibility index (Phi) is 5.11. The molecule has 3 atom stereocenters. The van der Waals surface area contributed by atoms with E-state index >= 15 is 0 Å². The van der Waals surface area contributed by atoms with Crippen LogP contribution in [0.5, 0.6) is 0 Å². The van der Waals surface area contributed by atoms with Crippen molar-refractivity contribution in [3.63, 3.8) is 0 Å². The first-order chi connectivity index (χ1) is 6.72. The minimum Gasteiger partial charge on any atom is -0.393 e. The second-order valence-electron chi connectivity index (χ2n) is 3.55. The van der Waals surface area contributed by atoms with Gasteiger partial charge in [0.05, 0.1) is 12.2 Å². The van der Waals surface area contributed by atoms with Crippen LogP contribution in [0.2, 0.25) is 0 Å². The predicted octanol–water partition coefficient (Wildman–Crippen LogP) is 0.358. The lowest BCUT2D eigenvalue weighted by molar-refractivity contribution is -0.140. The Labute approximate surface area is 84.6 Å². The third kappa shape index (κ3) is 4.19. The molecular weight excluding hydrogens is 182 g/mol. The summed E-state index contributed by atoms with van der Waals surface area (Å²) in [6, 6.07) is 0. The lowest BCUT2D eigenvalue weighted by Gasteiger charge is -2.21. The van der Waals surface area contributed by atoms with Crippen molar-refractivity contribution < 1.29 is 14.9 Å². The van der Waals surface area contributed by atoms with Crippen molar-refractivity contribution in [1.82, 2.24) is 5.32 Å². The molecule has 0 saturated carbocycles. The Balaban J connectivity index is 2.38. The van der Waals surface area contributed by atoms with Crippen LogP contribution >= 0.6 is 0 Å². The second kappa shape index (κ2) is 6.14. The van der Waals surface area contributed by atoms with Crippen LogP contribution in [0.3, 0.4) is 0 Å². The fraction of sp³-hybridized carbons (Fsp3) is 0.800. The number of nitrogens with one attached hydrogen (secondary N) is 1. The van der Waals surface area contributed by atoms with Gasteiger partial charge >= 0.3 is 0 Å². The standard InChI is InChI=1S/C10H19NO3/c1-11-10(13)14-9-5-3-2-4-8(12)6-7-9/h3,5,8-13H,2,4,6-7H2,1H3. The first-order valence-corrected chi connectivity index (χ1v) is 5.08. The molecule has 1 aliphatic rings. The highest BCUT2D eigenvalue weighted by Crippen LogP contribution is 2.15. The van der Waals surface area contributed by atoms with Crippen molar-refractivity contribution in [1.29, 1.82) is 0 Å². The maximum absolute atomic E-state index is 9.46. The van der Waals surface area contributed by atoms with E-state index < -0.39 is 6.41 Å². The van der Waals surface area contributed by atoms with Crippen LogP contribution in [-0.2, 0) is 4.74 Å². The fourth-order valence-electron chi connectivity index (χ4n) is 1.48. The van der Waals surface area contributed by atoms with Gasteiger partial charge in [0.2, 0.25) is 6.41 Å². The smallest absolute Gasteiger partial charge is 0.213 e. The quantitative estimate of drug-likeness (QED) is 0.456. The van der Waals surface area contributed by atoms with E-state index in [2.05, 4.69) is 5.32 Å². The van der Waals surface area contributed by atoms with E-state index in [1.807, 2.05) is 12.2 Å². The van der Waals surface area contributed by atoms with E-state index in [0.29, 0.717) is 0 Å². The fourth-order valence-corrected chi connectivity index (χ4v) is 1.48. The van der Waals surface area contributed by atoms with Crippen LogP contribution in [0, 0.1) is 0 Å². The van der Waals surface area contributed by atoms with E-state index in [9.17, 15) is 10.2 Å². The molecular formula is C10H19NO3. The van der Waals surface area contributed by atoms with Crippen LogP contribution in [-0.4, -0.2) is 35.9 Å². The summed E-state index contributed by atoms with van der Waals surface area (Å²) in [6.45, 7) is 0. The van der Waals surface area contributed by atoms with Crippen molar-refractivity contribution in [2.75, 3.05) is 7.05 Å². The van der Waals surface area contributed by atoms with Crippen LogP contribution in [0.1, 0.15) is 25.7 Å². The van der Waals surface area contributed by atoms with Crippen LogP contribution in [0.4, 0.5) is 0 Å². The van der Waals surface area contributed by atoms with Gasteiger partial charge in [-0.15, -0.1) is 0 Å². The number of hydrogen-bond donors (Lipinski definition) is 3. The SMILES string of the molecule is CNC(O)OC1C=CCCC(O)CC1. The predicted molar refractivity (Wildman–Crippen MR) is 53.6 cm³/mol. The van der Waals surface area contributed by atoms with Gasteiger partial charge in [0, 0.05) is 0 Å². The Morgan fingerprint density at radius 2 is 2.21 bits per heavy atom. The number of hydrogen-bond acceptors (Lipinski definition) is 4. The summed E-state index contributed by atoms with van der Waals surface area (Å²) in [5.41, 5.74) is 0. The third-order valence-corrected chi connectivity index (χ3v) is 2.35. The Morgan fingerprint density at radius 3 is 2.93 bits per heavy atom. The molecule has 4 nitrogen and oxygen atoms in total. The molecule has 0 amide bonds. The molecule has 1 aliphatic carbocycles. The summed E-state index contributed by atoms with van der Waals surface area (Å²) >= 11 is 0. The maximum Gasteiger partial charge on any atom is 0.213 e. The molecule has 0 aliphatic heterocycles. The summed E-state index contributed by atoms with van der Waals surface area (Å²) < 4.78 is 5.27. The normalized spacial score (nSPS) is 30.8. The lowest BCUT2D eigenvalue weighted by atomic mass is 10.0. The molecule has 0 heterocycles. The molecule has 0 spiro atoms. The van der Waals surface area contributed by atoms with Crippen molar-refractivity contribution in [3.8, 4) is 0 Å². The van der Waals surface area contributed by atoms with Gasteiger partial charge < -0.3 is 14.9 Å². The number of aliphatic hydroxyl groups excluding tert-OH is 2. The highest BCUT2D eigenvalue weighted by Gasteiger charge is 2.14. The van der Waals surface area contributed by atoms with Gasteiger partial charge in [-0.05, 0) is 32.7 Å². The molecule has 1 rings (SSSR count). The molecule has 3 unspecified atom stereocenters. The van der Waals surface area contributed by atoms with Gasteiger partial charge in [-0.3, -0.25) is 5.32 Å². The summed E-state index contributed by atoms with van der Waals surface area (Å²) in [7, 11) is 1.63. The molecule has 0 aromatic heterocycles. The van der Waals surface area contributed by atoms with Crippen molar-refractivity contribution in [2.45, 2.75) is 44.3 Å².